The van der Waals surface area contributed by atoms with Gasteiger partial charge in [-0.2, -0.15) is 0 Å². The predicted molar refractivity (Wildman–Crippen MR) is 109 cm³/mol. The van der Waals surface area contributed by atoms with Gasteiger partial charge in [-0.05, 0) is 86.4 Å². The number of aliphatic hydroxyl groups is 1. The number of hydrogen-bond acceptors (Lipinski definition) is 2. The first-order valence-corrected chi connectivity index (χ1v) is 11.6. The second-order valence-corrected chi connectivity index (χ2v) is 10.8. The lowest BCUT2D eigenvalue weighted by molar-refractivity contribution is -0.0791. The molecule has 27 heavy (non-hydrogen) atoms. The van der Waals surface area contributed by atoms with E-state index in [9.17, 15) is 5.11 Å². The average molecular weight is 371 g/mol. The van der Waals surface area contributed by atoms with Crippen LogP contribution >= 0.6 is 0 Å². The zero-order valence-electron chi connectivity index (χ0n) is 17.5. The molecule has 1 heterocycles. The van der Waals surface area contributed by atoms with Crippen molar-refractivity contribution in [3.63, 3.8) is 0 Å². The van der Waals surface area contributed by atoms with Gasteiger partial charge in [-0.3, -0.25) is 0 Å². The number of hydrogen-bond donors (Lipinski definition) is 1. The molecule has 0 aromatic rings. The van der Waals surface area contributed by atoms with Crippen molar-refractivity contribution >= 4 is 0 Å². The summed E-state index contributed by atoms with van der Waals surface area (Å²) in [4.78, 5) is 0. The fraction of sp³-hybridized carbons (Fsp3) is 0.840. The highest BCUT2D eigenvalue weighted by Crippen LogP contribution is 2.66. The van der Waals surface area contributed by atoms with Crippen LogP contribution in [0.15, 0.2) is 23.3 Å². The summed E-state index contributed by atoms with van der Waals surface area (Å²) in [5, 5.41) is 11.0. The highest BCUT2D eigenvalue weighted by Gasteiger charge is 2.58. The second kappa shape index (κ2) is 6.46. The van der Waals surface area contributed by atoms with Crippen molar-refractivity contribution in [3.05, 3.63) is 23.3 Å². The van der Waals surface area contributed by atoms with E-state index in [1.165, 1.54) is 44.9 Å². The largest absolute Gasteiger partial charge is 0.392 e. The lowest BCUT2D eigenvalue weighted by Gasteiger charge is -2.59. The summed E-state index contributed by atoms with van der Waals surface area (Å²) in [5.74, 6) is 3.61. The van der Waals surface area contributed by atoms with Crippen molar-refractivity contribution in [1.29, 1.82) is 0 Å². The van der Waals surface area contributed by atoms with Gasteiger partial charge in [0.2, 0.25) is 0 Å². The first-order valence-electron chi connectivity index (χ1n) is 11.6. The van der Waals surface area contributed by atoms with Crippen LogP contribution in [0.2, 0.25) is 0 Å². The van der Waals surface area contributed by atoms with Crippen molar-refractivity contribution in [2.24, 2.45) is 40.4 Å². The normalized spacial score (nSPS) is 50.3. The maximum Gasteiger partial charge on any atom is 0.0633 e. The molecule has 8 atom stereocenters. The summed E-state index contributed by atoms with van der Waals surface area (Å²) in [6, 6.07) is 0. The topological polar surface area (TPSA) is 29.5 Å². The third kappa shape index (κ3) is 2.51. The molecule has 0 amide bonds. The molecule has 2 nitrogen and oxygen atoms in total. The first-order chi connectivity index (χ1) is 13.0. The molecular weight excluding hydrogens is 332 g/mol. The van der Waals surface area contributed by atoms with Crippen LogP contribution in [0.25, 0.3) is 0 Å². The van der Waals surface area contributed by atoms with Gasteiger partial charge < -0.3 is 9.84 Å². The molecule has 2 saturated carbocycles. The SMILES string of the molecule is CC(C1=CC[C@H]2[C@@H]3CC=C4CCCC(O)[C@]4(C)[C@H]3CC[C@]12C)C1CCOC1. The van der Waals surface area contributed by atoms with E-state index >= 15 is 0 Å². The maximum absolute atomic E-state index is 11.0. The maximum atomic E-state index is 11.0. The number of allylic oxidation sites excluding steroid dienone is 3. The van der Waals surface area contributed by atoms with Crippen LogP contribution in [-0.4, -0.2) is 24.4 Å². The fourth-order valence-corrected chi connectivity index (χ4v) is 8.22. The third-order valence-electron chi connectivity index (χ3n) is 9.95. The van der Waals surface area contributed by atoms with Crippen LogP contribution in [0.5, 0.6) is 0 Å². The lowest BCUT2D eigenvalue weighted by Crippen LogP contribution is -2.54. The quantitative estimate of drug-likeness (QED) is 0.649. The van der Waals surface area contributed by atoms with Gasteiger partial charge in [-0.15, -0.1) is 0 Å². The second-order valence-electron chi connectivity index (χ2n) is 10.8. The van der Waals surface area contributed by atoms with Crippen LogP contribution in [0.4, 0.5) is 0 Å². The molecule has 0 aromatic heterocycles. The Morgan fingerprint density at radius 2 is 1.96 bits per heavy atom. The summed E-state index contributed by atoms with van der Waals surface area (Å²) in [5.41, 5.74) is 3.78. The molecule has 0 bridgehead atoms. The van der Waals surface area contributed by atoms with Crippen LogP contribution in [-0.2, 0) is 4.74 Å². The summed E-state index contributed by atoms with van der Waals surface area (Å²) in [6.07, 6.45) is 14.8. The van der Waals surface area contributed by atoms with E-state index in [-0.39, 0.29) is 11.5 Å². The van der Waals surface area contributed by atoms with Gasteiger partial charge in [0.05, 0.1) is 12.7 Å². The molecule has 3 fully saturated rings. The number of aliphatic hydroxyl groups excluding tert-OH is 1. The Morgan fingerprint density at radius 3 is 2.74 bits per heavy atom. The first kappa shape index (κ1) is 18.4. The van der Waals surface area contributed by atoms with E-state index in [2.05, 4.69) is 32.9 Å². The van der Waals surface area contributed by atoms with Gasteiger partial charge in [0.1, 0.15) is 0 Å². The van der Waals surface area contributed by atoms with Crippen molar-refractivity contribution in [3.8, 4) is 0 Å². The minimum atomic E-state index is -0.127. The van der Waals surface area contributed by atoms with E-state index in [0.29, 0.717) is 17.3 Å². The highest BCUT2D eigenvalue weighted by atomic mass is 16.5. The van der Waals surface area contributed by atoms with Crippen LogP contribution in [0.3, 0.4) is 0 Å². The Labute approximate surface area is 165 Å². The van der Waals surface area contributed by atoms with Gasteiger partial charge >= 0.3 is 0 Å². The molecule has 1 N–H and O–H groups in total. The van der Waals surface area contributed by atoms with Crippen molar-refractivity contribution in [2.45, 2.75) is 78.2 Å². The van der Waals surface area contributed by atoms with Crippen molar-refractivity contribution < 1.29 is 9.84 Å². The molecule has 0 spiro atoms. The Hall–Kier alpha value is -0.600. The standard InChI is InChI=1S/C25H38O2/c1-16(17-12-14-27-15-17)20-9-10-21-19-8-7-18-5-4-6-23(26)25(18,3)22(19)11-13-24(20,21)2/h7,9,16-17,19,21-23,26H,4-6,8,10-15H2,1-3H3/t16?,17?,19-,21-,22-,23?,24+,25-/m0/s1. The van der Waals surface area contributed by atoms with E-state index in [0.717, 1.165) is 37.4 Å². The zero-order chi connectivity index (χ0) is 18.8. The minimum Gasteiger partial charge on any atom is -0.392 e. The Bertz CT molecular complexity index is 657. The molecule has 0 aromatic carbocycles. The van der Waals surface area contributed by atoms with Crippen LogP contribution < -0.4 is 0 Å². The molecule has 0 radical (unpaired) electrons. The van der Waals surface area contributed by atoms with Gasteiger partial charge in [0.25, 0.3) is 0 Å². The molecule has 2 heteroatoms. The monoisotopic (exact) mass is 370 g/mol. The third-order valence-corrected chi connectivity index (χ3v) is 9.95. The Morgan fingerprint density at radius 1 is 1.11 bits per heavy atom. The number of fused-ring (bicyclic) bond motifs is 5. The molecule has 1 saturated heterocycles. The van der Waals surface area contributed by atoms with Crippen LogP contribution in [0, 0.1) is 40.4 Å². The van der Waals surface area contributed by atoms with Crippen LogP contribution in [0.1, 0.15) is 72.1 Å². The van der Waals surface area contributed by atoms with Crippen molar-refractivity contribution in [1.82, 2.24) is 0 Å². The lowest BCUT2D eigenvalue weighted by atomic mass is 9.46. The van der Waals surface area contributed by atoms with Crippen molar-refractivity contribution in [2.75, 3.05) is 13.2 Å². The fourth-order valence-electron chi connectivity index (χ4n) is 8.22. The van der Waals surface area contributed by atoms with E-state index < -0.39 is 0 Å². The predicted octanol–water partition coefficient (Wildman–Crippen LogP) is 5.52. The van der Waals surface area contributed by atoms with E-state index in [1.807, 2.05) is 0 Å². The van der Waals surface area contributed by atoms with E-state index in [1.54, 1.807) is 11.1 Å². The van der Waals surface area contributed by atoms with E-state index in [4.69, 9.17) is 4.74 Å². The molecule has 1 aliphatic heterocycles. The summed E-state index contributed by atoms with van der Waals surface area (Å²) in [6.45, 7) is 9.37. The molecule has 3 unspecified atom stereocenters. The smallest absolute Gasteiger partial charge is 0.0633 e. The minimum absolute atomic E-state index is 0.0517. The molecule has 5 aliphatic rings. The molecular formula is C25H38O2. The number of ether oxygens (including phenoxy) is 1. The summed E-state index contributed by atoms with van der Waals surface area (Å²) < 4.78 is 5.71. The molecule has 5 rings (SSSR count). The Kier molecular flexibility index (Phi) is 4.41. The summed E-state index contributed by atoms with van der Waals surface area (Å²) >= 11 is 0. The van der Waals surface area contributed by atoms with Gasteiger partial charge in [0.15, 0.2) is 0 Å². The zero-order valence-corrected chi connectivity index (χ0v) is 17.5. The Balaban J connectivity index is 1.43. The summed E-state index contributed by atoms with van der Waals surface area (Å²) in [7, 11) is 0. The average Bonchev–Trinajstić information content (AvgIpc) is 3.30. The van der Waals surface area contributed by atoms with Gasteiger partial charge in [0, 0.05) is 12.0 Å². The van der Waals surface area contributed by atoms with Gasteiger partial charge in [-0.25, -0.2) is 0 Å². The number of rotatable bonds is 2. The molecule has 150 valence electrons. The highest BCUT2D eigenvalue weighted by molar-refractivity contribution is 5.32. The molecule has 4 aliphatic carbocycles. The van der Waals surface area contributed by atoms with Gasteiger partial charge in [-0.1, -0.05) is 44.1 Å².